The molecule has 154 valence electrons. The molecule has 1 unspecified atom stereocenters. The largest absolute Gasteiger partial charge is 0.497 e. The zero-order valence-electron chi connectivity index (χ0n) is 16.0. The zero-order chi connectivity index (χ0) is 21.2. The summed E-state index contributed by atoms with van der Waals surface area (Å²) < 4.78 is 32.9. The Kier molecular flexibility index (Phi) is 5.85. The van der Waals surface area contributed by atoms with Crippen LogP contribution in [0.25, 0.3) is 0 Å². The molecule has 10 heteroatoms. The molecule has 9 nitrogen and oxygen atoms in total. The summed E-state index contributed by atoms with van der Waals surface area (Å²) in [6, 6.07) is 10.8. The lowest BCUT2D eigenvalue weighted by Crippen LogP contribution is -2.31. The van der Waals surface area contributed by atoms with Crippen LogP contribution in [0.2, 0.25) is 0 Å². The number of non-ortho nitro benzene ring substituents is 1. The van der Waals surface area contributed by atoms with Gasteiger partial charge in [0.25, 0.3) is 5.69 Å². The second-order valence-electron chi connectivity index (χ2n) is 6.83. The van der Waals surface area contributed by atoms with Crippen molar-refractivity contribution >= 4 is 27.3 Å². The summed E-state index contributed by atoms with van der Waals surface area (Å²) in [5.41, 5.74) is 0.832. The second kappa shape index (κ2) is 8.18. The summed E-state index contributed by atoms with van der Waals surface area (Å²) in [7, 11) is -2.39. The number of anilines is 1. The molecule has 0 saturated carbocycles. The molecule has 0 aromatic heterocycles. The molecule has 29 heavy (non-hydrogen) atoms. The van der Waals surface area contributed by atoms with E-state index in [0.29, 0.717) is 17.9 Å². The third kappa shape index (κ3) is 4.54. The maximum Gasteiger partial charge on any atom is 0.270 e. The summed E-state index contributed by atoms with van der Waals surface area (Å²) in [4.78, 5) is 24.1. The van der Waals surface area contributed by atoms with Crippen molar-refractivity contribution in [3.8, 4) is 5.75 Å². The van der Waals surface area contributed by atoms with E-state index in [1.165, 1.54) is 12.1 Å². The second-order valence-corrected chi connectivity index (χ2v) is 8.57. The minimum Gasteiger partial charge on any atom is -0.497 e. The van der Waals surface area contributed by atoms with Gasteiger partial charge in [-0.05, 0) is 42.7 Å². The van der Waals surface area contributed by atoms with Crippen LogP contribution in [0, 0.1) is 23.0 Å². The molecule has 0 spiro atoms. The number of sulfonamides is 1. The number of aryl methyl sites for hydroxylation is 1. The van der Waals surface area contributed by atoms with Gasteiger partial charge in [-0.1, -0.05) is 6.07 Å². The fraction of sp³-hybridized carbons (Fsp3) is 0.316. The molecule has 1 amide bonds. The van der Waals surface area contributed by atoms with Crippen LogP contribution in [0.15, 0.2) is 47.4 Å². The van der Waals surface area contributed by atoms with Crippen molar-refractivity contribution in [2.75, 3.05) is 25.1 Å². The van der Waals surface area contributed by atoms with Gasteiger partial charge in [0.1, 0.15) is 5.75 Å². The predicted octanol–water partition coefficient (Wildman–Crippen LogP) is 2.24. The molecular weight excluding hydrogens is 398 g/mol. The maximum atomic E-state index is 12.6. The van der Waals surface area contributed by atoms with Crippen LogP contribution in [-0.2, 0) is 14.8 Å². The molecule has 0 aliphatic carbocycles. The van der Waals surface area contributed by atoms with Crippen LogP contribution < -0.4 is 14.4 Å². The normalized spacial score (nSPS) is 16.8. The summed E-state index contributed by atoms with van der Waals surface area (Å²) in [5.74, 6) is 0.376. The number of methoxy groups -OCH3 is 1. The third-order valence-electron chi connectivity index (χ3n) is 4.82. The minimum atomic E-state index is -3.94. The Bertz CT molecular complexity index is 1040. The van der Waals surface area contributed by atoms with E-state index in [1.807, 2.05) is 0 Å². The molecule has 1 aliphatic heterocycles. The van der Waals surface area contributed by atoms with Gasteiger partial charge < -0.3 is 9.64 Å². The number of carbonyl (C=O) groups excluding carboxylic acids is 1. The van der Waals surface area contributed by atoms with Crippen LogP contribution >= 0.6 is 0 Å². The number of carbonyl (C=O) groups is 1. The molecular formula is C19H21N3O6S. The van der Waals surface area contributed by atoms with Crippen molar-refractivity contribution in [2.45, 2.75) is 18.2 Å². The first-order valence-electron chi connectivity index (χ1n) is 8.90. The molecule has 2 aromatic rings. The first kappa shape index (κ1) is 20.7. The Morgan fingerprint density at radius 1 is 1.24 bits per heavy atom. The van der Waals surface area contributed by atoms with E-state index in [9.17, 15) is 23.3 Å². The van der Waals surface area contributed by atoms with Gasteiger partial charge in [0.2, 0.25) is 15.9 Å². The lowest BCUT2D eigenvalue weighted by molar-refractivity contribution is -0.385. The number of amides is 1. The number of benzene rings is 2. The summed E-state index contributed by atoms with van der Waals surface area (Å²) in [6.45, 7) is 2.01. The molecule has 1 aliphatic rings. The molecule has 0 radical (unpaired) electrons. The average molecular weight is 419 g/mol. The number of nitrogens with one attached hydrogen (secondary N) is 1. The van der Waals surface area contributed by atoms with Gasteiger partial charge in [0.05, 0.1) is 16.9 Å². The van der Waals surface area contributed by atoms with Crippen molar-refractivity contribution in [1.29, 1.82) is 0 Å². The lowest BCUT2D eigenvalue weighted by Gasteiger charge is -2.17. The minimum absolute atomic E-state index is 0.0584. The van der Waals surface area contributed by atoms with Crippen molar-refractivity contribution in [3.05, 3.63) is 58.1 Å². The van der Waals surface area contributed by atoms with Crippen molar-refractivity contribution in [2.24, 2.45) is 5.92 Å². The summed E-state index contributed by atoms with van der Waals surface area (Å²) in [6.07, 6.45) is 0.211. The molecule has 1 atom stereocenters. The van der Waals surface area contributed by atoms with Gasteiger partial charge in [-0.2, -0.15) is 0 Å². The Morgan fingerprint density at radius 2 is 1.93 bits per heavy atom. The van der Waals surface area contributed by atoms with Crippen LogP contribution in [0.1, 0.15) is 12.0 Å². The van der Waals surface area contributed by atoms with Crippen LogP contribution in [-0.4, -0.2) is 39.4 Å². The monoisotopic (exact) mass is 419 g/mol. The zero-order valence-corrected chi connectivity index (χ0v) is 16.8. The van der Waals surface area contributed by atoms with E-state index in [-0.39, 0.29) is 35.4 Å². The standard InChI is InChI=1S/C19H21N3O6S/c1-13-3-4-16(22(24)25)10-18(13)29(26,27)20-11-14-9-19(23)21(12-14)15-5-7-17(28-2)8-6-15/h3-8,10,14,20H,9,11-12H2,1-2H3. The first-order valence-corrected chi connectivity index (χ1v) is 10.4. The molecule has 1 saturated heterocycles. The molecule has 1 fully saturated rings. The SMILES string of the molecule is COc1ccc(N2CC(CNS(=O)(=O)c3cc([N+](=O)[O-])ccc3C)CC2=O)cc1. The van der Waals surface area contributed by atoms with Gasteiger partial charge in [-0.3, -0.25) is 14.9 Å². The van der Waals surface area contributed by atoms with Crippen LogP contribution in [0.4, 0.5) is 11.4 Å². The highest BCUT2D eigenvalue weighted by molar-refractivity contribution is 7.89. The number of rotatable bonds is 7. The van der Waals surface area contributed by atoms with Gasteiger partial charge >= 0.3 is 0 Å². The van der Waals surface area contributed by atoms with Crippen LogP contribution in [0.5, 0.6) is 5.75 Å². The van der Waals surface area contributed by atoms with Gasteiger partial charge in [0, 0.05) is 37.3 Å². The quantitative estimate of drug-likeness (QED) is 0.543. The molecule has 0 bridgehead atoms. The van der Waals surface area contributed by atoms with Gasteiger partial charge in [-0.25, -0.2) is 13.1 Å². The summed E-state index contributed by atoms with van der Waals surface area (Å²) in [5, 5.41) is 10.9. The van der Waals surface area contributed by atoms with Crippen LogP contribution in [0.3, 0.4) is 0 Å². The third-order valence-corrected chi connectivity index (χ3v) is 6.39. The fourth-order valence-corrected chi connectivity index (χ4v) is 4.61. The smallest absolute Gasteiger partial charge is 0.270 e. The first-order chi connectivity index (χ1) is 13.7. The number of nitro groups is 1. The highest BCUT2D eigenvalue weighted by atomic mass is 32.2. The van der Waals surface area contributed by atoms with E-state index in [4.69, 9.17) is 4.74 Å². The Balaban J connectivity index is 1.69. The molecule has 3 rings (SSSR count). The van der Waals surface area contributed by atoms with E-state index >= 15 is 0 Å². The number of hydrogen-bond donors (Lipinski definition) is 1. The fourth-order valence-electron chi connectivity index (χ4n) is 3.23. The van der Waals surface area contributed by atoms with Crippen molar-refractivity contribution < 1.29 is 22.9 Å². The van der Waals surface area contributed by atoms with Crippen molar-refractivity contribution in [1.82, 2.24) is 4.72 Å². The molecule has 2 aromatic carbocycles. The molecule has 1 heterocycles. The number of hydrogen-bond acceptors (Lipinski definition) is 6. The van der Waals surface area contributed by atoms with E-state index in [0.717, 1.165) is 11.8 Å². The number of ether oxygens (including phenoxy) is 1. The van der Waals surface area contributed by atoms with E-state index < -0.39 is 14.9 Å². The van der Waals surface area contributed by atoms with E-state index in [2.05, 4.69) is 4.72 Å². The Morgan fingerprint density at radius 3 is 2.55 bits per heavy atom. The predicted molar refractivity (Wildman–Crippen MR) is 106 cm³/mol. The highest BCUT2D eigenvalue weighted by Gasteiger charge is 2.32. The van der Waals surface area contributed by atoms with Gasteiger partial charge in [-0.15, -0.1) is 0 Å². The average Bonchev–Trinajstić information content (AvgIpc) is 3.07. The molecule has 1 N–H and O–H groups in total. The highest BCUT2D eigenvalue weighted by Crippen LogP contribution is 2.27. The summed E-state index contributed by atoms with van der Waals surface area (Å²) >= 11 is 0. The van der Waals surface area contributed by atoms with Gasteiger partial charge in [0.15, 0.2) is 0 Å². The topological polar surface area (TPSA) is 119 Å². The van der Waals surface area contributed by atoms with Crippen molar-refractivity contribution in [3.63, 3.8) is 0 Å². The Hall–Kier alpha value is -2.98. The number of nitro benzene ring substituents is 1. The maximum absolute atomic E-state index is 12.6. The Labute approximate surface area is 168 Å². The lowest BCUT2D eigenvalue weighted by atomic mass is 10.1. The van der Waals surface area contributed by atoms with E-state index in [1.54, 1.807) is 43.2 Å². The number of nitrogens with zero attached hydrogens (tertiary/aromatic N) is 2.